The second-order valence-electron chi connectivity index (χ2n) is 5.13. The van der Waals surface area contributed by atoms with Crippen molar-refractivity contribution >= 4 is 29.0 Å². The van der Waals surface area contributed by atoms with Gasteiger partial charge in [0, 0.05) is 28.7 Å². The molecule has 5 nitrogen and oxygen atoms in total. The fourth-order valence-corrected chi connectivity index (χ4v) is 2.20. The third-order valence-corrected chi connectivity index (χ3v) is 3.51. The quantitative estimate of drug-likeness (QED) is 0.689. The Labute approximate surface area is 138 Å². The number of Topliss-reactive ketones (excluding diaryl/α,β-unsaturated/α-hetero) is 1. The van der Waals surface area contributed by atoms with Crippen LogP contribution in [0.15, 0.2) is 36.7 Å². The molecule has 0 bridgehead atoms. The molecule has 1 atom stereocenters. The predicted molar refractivity (Wildman–Crippen MR) is 87.2 cm³/mol. The van der Waals surface area contributed by atoms with Crippen LogP contribution in [-0.4, -0.2) is 16.7 Å². The standard InChI is InChI=1S/C17H14ClN3O2/c1-10-5-12(9-20-8-10)16(22)14(7-19)17(23)21-15-6-13(18)4-3-11(15)2/h3-6,8-9,14H,1-2H3,(H,21,23). The molecule has 116 valence electrons. The fourth-order valence-electron chi connectivity index (χ4n) is 2.03. The van der Waals surface area contributed by atoms with E-state index < -0.39 is 17.6 Å². The Morgan fingerprint density at radius 1 is 1.26 bits per heavy atom. The minimum Gasteiger partial charge on any atom is -0.324 e. The lowest BCUT2D eigenvalue weighted by Crippen LogP contribution is -2.29. The number of nitrogens with one attached hydrogen (secondary N) is 1. The van der Waals surface area contributed by atoms with E-state index in [0.29, 0.717) is 10.7 Å². The van der Waals surface area contributed by atoms with Gasteiger partial charge >= 0.3 is 0 Å². The van der Waals surface area contributed by atoms with Crippen LogP contribution in [0.2, 0.25) is 5.02 Å². The van der Waals surface area contributed by atoms with Gasteiger partial charge < -0.3 is 5.32 Å². The average molecular weight is 328 g/mol. The largest absolute Gasteiger partial charge is 0.324 e. The van der Waals surface area contributed by atoms with E-state index in [1.54, 1.807) is 50.4 Å². The number of benzene rings is 1. The number of rotatable bonds is 4. The molecule has 0 spiro atoms. The number of hydrogen-bond donors (Lipinski definition) is 1. The molecule has 0 radical (unpaired) electrons. The molecule has 2 aromatic rings. The Balaban J connectivity index is 2.24. The first-order valence-electron chi connectivity index (χ1n) is 6.85. The molecular formula is C17H14ClN3O2. The number of ketones is 1. The Morgan fingerprint density at radius 2 is 2.00 bits per heavy atom. The first kappa shape index (κ1) is 16.7. The lowest BCUT2D eigenvalue weighted by molar-refractivity contribution is -0.117. The van der Waals surface area contributed by atoms with Gasteiger partial charge in [-0.3, -0.25) is 14.6 Å². The molecule has 1 heterocycles. The van der Waals surface area contributed by atoms with E-state index in [4.69, 9.17) is 11.6 Å². The Bertz CT molecular complexity index is 812. The minimum atomic E-state index is -1.45. The number of nitrogens with zero attached hydrogens (tertiary/aromatic N) is 2. The van der Waals surface area contributed by atoms with Gasteiger partial charge in [0.25, 0.3) is 0 Å². The Morgan fingerprint density at radius 3 is 2.65 bits per heavy atom. The number of pyridine rings is 1. The molecule has 0 fully saturated rings. The van der Waals surface area contributed by atoms with Gasteiger partial charge in [-0.2, -0.15) is 5.26 Å². The smallest absolute Gasteiger partial charge is 0.249 e. The summed E-state index contributed by atoms with van der Waals surface area (Å²) in [6, 6.07) is 8.35. The lowest BCUT2D eigenvalue weighted by Gasteiger charge is -2.12. The van der Waals surface area contributed by atoms with Gasteiger partial charge in [0.1, 0.15) is 0 Å². The average Bonchev–Trinajstić information content (AvgIpc) is 2.51. The number of amides is 1. The van der Waals surface area contributed by atoms with Gasteiger partial charge in [-0.25, -0.2) is 0 Å². The van der Waals surface area contributed by atoms with Crippen LogP contribution in [0.3, 0.4) is 0 Å². The molecule has 1 aromatic carbocycles. The van der Waals surface area contributed by atoms with Crippen molar-refractivity contribution < 1.29 is 9.59 Å². The summed E-state index contributed by atoms with van der Waals surface area (Å²) in [5.41, 5.74) is 2.26. The van der Waals surface area contributed by atoms with Crippen molar-refractivity contribution in [2.24, 2.45) is 5.92 Å². The highest BCUT2D eigenvalue weighted by atomic mass is 35.5. The van der Waals surface area contributed by atoms with Gasteiger partial charge in [-0.05, 0) is 43.2 Å². The SMILES string of the molecule is Cc1cncc(C(=O)C(C#N)C(=O)Nc2cc(Cl)ccc2C)c1. The van der Waals surface area contributed by atoms with Crippen molar-refractivity contribution in [3.63, 3.8) is 0 Å². The molecule has 1 amide bonds. The summed E-state index contributed by atoms with van der Waals surface area (Å²) in [6.07, 6.45) is 2.94. The maximum Gasteiger partial charge on any atom is 0.249 e. The van der Waals surface area contributed by atoms with E-state index >= 15 is 0 Å². The molecule has 6 heteroatoms. The lowest BCUT2D eigenvalue weighted by atomic mass is 9.98. The van der Waals surface area contributed by atoms with E-state index in [1.165, 1.54) is 6.20 Å². The van der Waals surface area contributed by atoms with Gasteiger partial charge in [0.15, 0.2) is 11.7 Å². The molecule has 23 heavy (non-hydrogen) atoms. The van der Waals surface area contributed by atoms with Crippen molar-refractivity contribution in [1.29, 1.82) is 5.26 Å². The predicted octanol–water partition coefficient (Wildman–Crippen LogP) is 3.31. The number of hydrogen-bond acceptors (Lipinski definition) is 4. The van der Waals surface area contributed by atoms with Crippen LogP contribution < -0.4 is 5.32 Å². The monoisotopic (exact) mass is 327 g/mol. The summed E-state index contributed by atoms with van der Waals surface area (Å²) < 4.78 is 0. The first-order chi connectivity index (χ1) is 10.9. The number of anilines is 1. The molecule has 0 saturated carbocycles. The molecule has 1 N–H and O–H groups in total. The Kier molecular flexibility index (Phi) is 5.09. The van der Waals surface area contributed by atoms with Gasteiger partial charge in [-0.1, -0.05) is 17.7 Å². The number of carbonyl (C=O) groups is 2. The fraction of sp³-hybridized carbons (Fsp3) is 0.176. The minimum absolute atomic E-state index is 0.231. The van der Waals surface area contributed by atoms with Crippen LogP contribution in [0.5, 0.6) is 0 Å². The molecule has 1 aromatic heterocycles. The molecule has 0 aliphatic carbocycles. The van der Waals surface area contributed by atoms with Gasteiger partial charge in [0.05, 0.1) is 6.07 Å². The van der Waals surface area contributed by atoms with E-state index in [9.17, 15) is 14.9 Å². The van der Waals surface area contributed by atoms with E-state index in [0.717, 1.165) is 11.1 Å². The zero-order valence-electron chi connectivity index (χ0n) is 12.6. The van der Waals surface area contributed by atoms with Crippen LogP contribution in [0.25, 0.3) is 0 Å². The number of nitriles is 1. The molecular weight excluding hydrogens is 314 g/mol. The topological polar surface area (TPSA) is 82.8 Å². The van der Waals surface area contributed by atoms with Crippen LogP contribution in [0.4, 0.5) is 5.69 Å². The van der Waals surface area contributed by atoms with Crippen molar-refractivity contribution in [2.45, 2.75) is 13.8 Å². The third-order valence-electron chi connectivity index (χ3n) is 3.27. The second-order valence-corrected chi connectivity index (χ2v) is 5.56. The Hall–Kier alpha value is -2.71. The highest BCUT2D eigenvalue weighted by Crippen LogP contribution is 2.21. The van der Waals surface area contributed by atoms with Crippen LogP contribution in [0.1, 0.15) is 21.5 Å². The first-order valence-corrected chi connectivity index (χ1v) is 7.22. The molecule has 0 aliphatic rings. The maximum atomic E-state index is 12.4. The summed E-state index contributed by atoms with van der Waals surface area (Å²) in [4.78, 5) is 28.6. The zero-order chi connectivity index (χ0) is 17.0. The molecule has 0 aliphatic heterocycles. The van der Waals surface area contributed by atoms with Crippen LogP contribution in [0, 0.1) is 31.1 Å². The van der Waals surface area contributed by atoms with Crippen LogP contribution >= 0.6 is 11.6 Å². The van der Waals surface area contributed by atoms with Gasteiger partial charge in [-0.15, -0.1) is 0 Å². The van der Waals surface area contributed by atoms with Gasteiger partial charge in [0.2, 0.25) is 5.91 Å². The van der Waals surface area contributed by atoms with Crippen molar-refractivity contribution in [3.8, 4) is 6.07 Å². The van der Waals surface area contributed by atoms with Crippen LogP contribution in [-0.2, 0) is 4.79 Å². The summed E-state index contributed by atoms with van der Waals surface area (Å²) in [7, 11) is 0. The summed E-state index contributed by atoms with van der Waals surface area (Å²) in [5.74, 6) is -2.72. The number of carbonyl (C=O) groups excluding carboxylic acids is 2. The van der Waals surface area contributed by atoms with E-state index in [2.05, 4.69) is 10.3 Å². The number of halogens is 1. The molecule has 1 unspecified atom stereocenters. The highest BCUT2D eigenvalue weighted by Gasteiger charge is 2.28. The number of aryl methyl sites for hydroxylation is 2. The summed E-state index contributed by atoms with van der Waals surface area (Å²) in [6.45, 7) is 3.57. The van der Waals surface area contributed by atoms with Crippen molar-refractivity contribution in [1.82, 2.24) is 4.98 Å². The second kappa shape index (κ2) is 7.03. The highest BCUT2D eigenvalue weighted by molar-refractivity contribution is 6.31. The summed E-state index contributed by atoms with van der Waals surface area (Å²) in [5, 5.41) is 12.3. The number of aromatic nitrogens is 1. The third kappa shape index (κ3) is 3.93. The normalized spacial score (nSPS) is 11.4. The maximum absolute atomic E-state index is 12.4. The zero-order valence-corrected chi connectivity index (χ0v) is 13.4. The molecule has 0 saturated heterocycles. The van der Waals surface area contributed by atoms with Crippen molar-refractivity contribution in [3.05, 3.63) is 58.4 Å². The van der Waals surface area contributed by atoms with E-state index in [-0.39, 0.29) is 5.56 Å². The van der Waals surface area contributed by atoms with Crippen molar-refractivity contribution in [2.75, 3.05) is 5.32 Å². The van der Waals surface area contributed by atoms with E-state index in [1.807, 2.05) is 0 Å². The summed E-state index contributed by atoms with van der Waals surface area (Å²) >= 11 is 5.90. The molecule has 2 rings (SSSR count).